The molecule has 0 heterocycles. The zero-order valence-electron chi connectivity index (χ0n) is 11.6. The summed E-state index contributed by atoms with van der Waals surface area (Å²) in [6.07, 6.45) is 2.75. The van der Waals surface area contributed by atoms with Crippen LogP contribution in [0.1, 0.15) is 48.5 Å². The predicted octanol–water partition coefficient (Wildman–Crippen LogP) is 1.60. The summed E-state index contributed by atoms with van der Waals surface area (Å²) in [7, 11) is 0. The van der Waals surface area contributed by atoms with Crippen LogP contribution in [0.15, 0.2) is 0 Å². The molecule has 0 atom stereocenters. The summed E-state index contributed by atoms with van der Waals surface area (Å²) in [5.41, 5.74) is 0. The third-order valence-electron chi connectivity index (χ3n) is 2.74. The Hall–Kier alpha value is 0.662. The van der Waals surface area contributed by atoms with Crippen LogP contribution in [-0.4, -0.2) is 6.71 Å². The van der Waals surface area contributed by atoms with E-state index in [1.54, 1.807) is 0 Å². The molecule has 0 aromatic heterocycles. The van der Waals surface area contributed by atoms with Crippen LogP contribution in [0.25, 0.3) is 0 Å². The first-order chi connectivity index (χ1) is 5.73. The van der Waals surface area contributed by atoms with Crippen LogP contribution in [0.4, 0.5) is 0 Å². The van der Waals surface area contributed by atoms with Crippen molar-refractivity contribution < 1.29 is 18.9 Å². The van der Waals surface area contributed by atoms with Gasteiger partial charge >= 0.3 is 18.9 Å². The van der Waals surface area contributed by atoms with Crippen molar-refractivity contribution in [2.75, 3.05) is 0 Å². The molecule has 0 fully saturated rings. The van der Waals surface area contributed by atoms with E-state index in [-0.39, 0.29) is 18.9 Å². The van der Waals surface area contributed by atoms with Gasteiger partial charge in [-0.3, -0.25) is 0 Å². The molecule has 0 spiro atoms. The Morgan fingerprint density at radius 2 is 1.14 bits per heavy atom. The van der Waals surface area contributed by atoms with Gasteiger partial charge in [-0.25, -0.2) is 0 Å². The van der Waals surface area contributed by atoms with Crippen molar-refractivity contribution in [1.29, 1.82) is 0 Å². The Kier molecular flexibility index (Phi) is 8.56. The Labute approximate surface area is 104 Å². The molecule has 0 aromatic carbocycles. The van der Waals surface area contributed by atoms with Crippen molar-refractivity contribution >= 4 is 6.71 Å². The summed E-state index contributed by atoms with van der Waals surface area (Å²) >= 11 is 0. The number of hydrogen-bond donors (Lipinski definition) is 0. The average molecular weight is 189 g/mol. The minimum Gasteiger partial charge on any atom is -0.0714 e. The monoisotopic (exact) mass is 189 g/mol. The molecule has 0 aliphatic rings. The third kappa shape index (κ3) is 8.01. The average Bonchev–Trinajstić information content (AvgIpc) is 1.81. The predicted molar refractivity (Wildman–Crippen MR) is 64.8 cm³/mol. The first kappa shape index (κ1) is 17.1. The van der Waals surface area contributed by atoms with E-state index in [2.05, 4.69) is 48.5 Å². The van der Waals surface area contributed by atoms with E-state index >= 15 is 0 Å². The molecule has 0 aromatic rings. The van der Waals surface area contributed by atoms with Gasteiger partial charge in [0.05, 0.1) is 0 Å². The topological polar surface area (TPSA) is 0 Å². The number of rotatable bonds is 4. The molecule has 0 saturated carbocycles. The van der Waals surface area contributed by atoms with Gasteiger partial charge in [0.1, 0.15) is 6.71 Å². The molecule has 0 saturated heterocycles. The second-order valence-corrected chi connectivity index (χ2v) is 6.32. The Morgan fingerprint density at radius 3 is 1.29 bits per heavy atom. The molecule has 0 nitrogen and oxygen atoms in total. The van der Waals surface area contributed by atoms with Crippen molar-refractivity contribution in [3.05, 3.63) is 0 Å². The van der Waals surface area contributed by atoms with Crippen molar-refractivity contribution in [1.82, 2.24) is 0 Å². The maximum Gasteiger partial charge on any atom is 1.00 e. The minimum atomic E-state index is 0. The molecule has 0 aliphatic heterocycles. The van der Waals surface area contributed by atoms with E-state index in [0.29, 0.717) is 5.31 Å². The Balaban J connectivity index is 0. The van der Waals surface area contributed by atoms with E-state index in [4.69, 9.17) is 0 Å². The van der Waals surface area contributed by atoms with Gasteiger partial charge in [0, 0.05) is 0 Å². The summed E-state index contributed by atoms with van der Waals surface area (Å²) in [4.78, 5) is 0. The molecule has 14 heavy (non-hydrogen) atoms. The molecular formula is C12H27BLi+. The fourth-order valence-electron chi connectivity index (χ4n) is 1.94. The van der Waals surface area contributed by atoms with Crippen LogP contribution in [0.5, 0.6) is 0 Å². The van der Waals surface area contributed by atoms with E-state index in [9.17, 15) is 0 Å². The molecular weight excluding hydrogens is 162 g/mol. The van der Waals surface area contributed by atoms with Crippen molar-refractivity contribution in [3.8, 4) is 0 Å². The van der Waals surface area contributed by atoms with Gasteiger partial charge in [-0.2, -0.15) is 0 Å². The normalized spacial score (nSPS) is 11.8. The second-order valence-electron chi connectivity index (χ2n) is 6.32. The van der Waals surface area contributed by atoms with Crippen LogP contribution in [-0.2, 0) is 0 Å². The zero-order valence-corrected chi connectivity index (χ0v) is 11.6. The molecule has 78 valence electrons. The SMILES string of the molecule is CC(C)CB(CC(C)C)C(C)(C)C.[Li+]. The van der Waals surface area contributed by atoms with Crippen LogP contribution >= 0.6 is 0 Å². The van der Waals surface area contributed by atoms with Gasteiger partial charge in [-0.05, 0) is 0 Å². The van der Waals surface area contributed by atoms with Crippen LogP contribution < -0.4 is 18.9 Å². The maximum atomic E-state index is 2.38. The quantitative estimate of drug-likeness (QED) is 0.589. The maximum absolute atomic E-state index is 2.38. The molecule has 0 unspecified atom stereocenters. The Bertz CT molecular complexity index is 126. The molecule has 2 heteroatoms. The van der Waals surface area contributed by atoms with E-state index in [1.165, 1.54) is 12.6 Å². The second kappa shape index (κ2) is 7.02. The van der Waals surface area contributed by atoms with E-state index in [1.807, 2.05) is 0 Å². The Morgan fingerprint density at radius 1 is 0.857 bits per heavy atom. The van der Waals surface area contributed by atoms with Crippen molar-refractivity contribution in [2.45, 2.75) is 66.4 Å². The summed E-state index contributed by atoms with van der Waals surface area (Å²) in [6.45, 7) is 17.3. The fraction of sp³-hybridized carbons (Fsp3) is 1.00. The summed E-state index contributed by atoms with van der Waals surface area (Å²) in [6, 6.07) is 0. The van der Waals surface area contributed by atoms with Gasteiger partial charge in [-0.1, -0.05) is 78.3 Å². The minimum absolute atomic E-state index is 0. The molecule has 0 bridgehead atoms. The molecule has 0 aliphatic carbocycles. The van der Waals surface area contributed by atoms with Crippen molar-refractivity contribution in [3.63, 3.8) is 0 Å². The van der Waals surface area contributed by atoms with E-state index < -0.39 is 0 Å². The smallest absolute Gasteiger partial charge is 0.0714 e. The first-order valence-corrected chi connectivity index (χ1v) is 5.73. The zero-order chi connectivity index (χ0) is 10.6. The van der Waals surface area contributed by atoms with Crippen LogP contribution in [0.3, 0.4) is 0 Å². The van der Waals surface area contributed by atoms with Gasteiger partial charge in [-0.15, -0.1) is 0 Å². The fourth-order valence-corrected chi connectivity index (χ4v) is 1.94. The molecule has 0 rings (SSSR count). The van der Waals surface area contributed by atoms with Gasteiger partial charge in [0.15, 0.2) is 0 Å². The number of hydrogen-bond acceptors (Lipinski definition) is 0. The van der Waals surface area contributed by atoms with Crippen LogP contribution in [0.2, 0.25) is 18.0 Å². The summed E-state index contributed by atoms with van der Waals surface area (Å²) in [5.74, 6) is 1.67. The first-order valence-electron chi connectivity index (χ1n) is 5.73. The molecule has 0 radical (unpaired) electrons. The standard InChI is InChI=1S/C12H27B.Li/c1-10(2)8-13(9-11(3)4)12(5,6)7;/h10-11H,8-9H2,1-7H3;/q;+1. The molecule has 0 amide bonds. The van der Waals surface area contributed by atoms with Gasteiger partial charge in [0.25, 0.3) is 0 Å². The third-order valence-corrected chi connectivity index (χ3v) is 2.74. The molecule has 0 N–H and O–H groups in total. The van der Waals surface area contributed by atoms with Crippen molar-refractivity contribution in [2.24, 2.45) is 11.8 Å². The summed E-state index contributed by atoms with van der Waals surface area (Å²) < 4.78 is 0. The van der Waals surface area contributed by atoms with Gasteiger partial charge in [0.2, 0.25) is 0 Å². The largest absolute Gasteiger partial charge is 1.00 e. The van der Waals surface area contributed by atoms with Gasteiger partial charge < -0.3 is 0 Å². The summed E-state index contributed by atoms with van der Waals surface area (Å²) in [5, 5.41) is 0.481. The van der Waals surface area contributed by atoms with E-state index in [0.717, 1.165) is 18.5 Å². The van der Waals surface area contributed by atoms with Crippen LogP contribution in [0, 0.1) is 11.8 Å².